The Bertz CT molecular complexity index is 1160. The molecule has 5 rings (SSSR count). The second-order valence-corrected chi connectivity index (χ2v) is 9.15. The minimum atomic E-state index is -0.466. The molecule has 180 valence electrons. The van der Waals surface area contributed by atoms with E-state index in [9.17, 15) is 4.79 Å². The first-order chi connectivity index (χ1) is 16.5. The van der Waals surface area contributed by atoms with E-state index in [0.29, 0.717) is 31.7 Å². The third kappa shape index (κ3) is 4.56. The van der Waals surface area contributed by atoms with Crippen LogP contribution in [0.25, 0.3) is 22.2 Å². The van der Waals surface area contributed by atoms with Gasteiger partial charge in [-0.1, -0.05) is 12.1 Å². The van der Waals surface area contributed by atoms with Crippen LogP contribution >= 0.6 is 0 Å². The molecule has 2 aliphatic rings. The van der Waals surface area contributed by atoms with Gasteiger partial charge in [0.15, 0.2) is 0 Å². The molecule has 1 saturated carbocycles. The highest BCUT2D eigenvalue weighted by molar-refractivity contribution is 6.02. The number of amides is 1. The molecule has 0 atom stereocenters. The molecule has 1 aromatic heterocycles. The number of rotatable bonds is 6. The van der Waals surface area contributed by atoms with Crippen molar-refractivity contribution >= 4 is 28.4 Å². The number of benzene rings is 2. The van der Waals surface area contributed by atoms with Gasteiger partial charge in [0.2, 0.25) is 0 Å². The highest BCUT2D eigenvalue weighted by Gasteiger charge is 2.27. The normalized spacial score (nSPS) is 17.0. The van der Waals surface area contributed by atoms with Crippen molar-refractivity contribution in [2.45, 2.75) is 51.4 Å². The SMILES string of the molecule is CC(C)OC(=O)Nc1ccc(-c2c(N)c3cc(OC4COCOC4)ccc3n2C2CCC2)cc1. The fourth-order valence-electron chi connectivity index (χ4n) is 4.51. The number of nitrogens with zero attached hydrogens (tertiary/aromatic N) is 1. The number of aromatic nitrogens is 1. The fourth-order valence-corrected chi connectivity index (χ4v) is 4.51. The lowest BCUT2D eigenvalue weighted by atomic mass is 9.92. The topological polar surface area (TPSA) is 97.0 Å². The molecule has 8 heteroatoms. The number of nitrogen functional groups attached to an aromatic ring is 1. The molecular formula is C26H31N3O5. The number of anilines is 2. The van der Waals surface area contributed by atoms with Crippen molar-refractivity contribution in [1.82, 2.24) is 4.57 Å². The van der Waals surface area contributed by atoms with Gasteiger partial charge in [-0.25, -0.2) is 4.79 Å². The van der Waals surface area contributed by atoms with Crippen molar-refractivity contribution < 1.29 is 23.7 Å². The highest BCUT2D eigenvalue weighted by atomic mass is 16.7. The maximum Gasteiger partial charge on any atom is 0.411 e. The van der Waals surface area contributed by atoms with Crippen molar-refractivity contribution in [3.8, 4) is 17.0 Å². The Morgan fingerprint density at radius 3 is 2.50 bits per heavy atom. The predicted octanol–water partition coefficient (Wildman–Crippen LogP) is 5.32. The maximum atomic E-state index is 11.9. The van der Waals surface area contributed by atoms with Crippen molar-refractivity contribution in [3.63, 3.8) is 0 Å². The van der Waals surface area contributed by atoms with E-state index in [1.165, 1.54) is 6.42 Å². The molecule has 34 heavy (non-hydrogen) atoms. The van der Waals surface area contributed by atoms with Crippen molar-refractivity contribution in [1.29, 1.82) is 0 Å². The third-order valence-electron chi connectivity index (χ3n) is 6.28. The standard InChI is InChI=1S/C26H31N3O5/c1-16(2)33-26(30)28-18-8-6-17(7-9-18)25-24(27)22-12-20(34-21-13-31-15-32-14-21)10-11-23(22)29(25)19-4-3-5-19/h6-12,16,19,21H,3-5,13-15,27H2,1-2H3,(H,28,30). The summed E-state index contributed by atoms with van der Waals surface area (Å²) >= 11 is 0. The Balaban J connectivity index is 1.47. The van der Waals surface area contributed by atoms with Crippen LogP contribution in [-0.4, -0.2) is 42.9 Å². The Morgan fingerprint density at radius 2 is 1.85 bits per heavy atom. The summed E-state index contributed by atoms with van der Waals surface area (Å²) in [4.78, 5) is 11.9. The minimum absolute atomic E-state index is 0.136. The summed E-state index contributed by atoms with van der Waals surface area (Å²) in [5, 5.41) is 3.73. The van der Waals surface area contributed by atoms with E-state index in [4.69, 9.17) is 24.7 Å². The zero-order valence-electron chi connectivity index (χ0n) is 19.6. The number of fused-ring (bicyclic) bond motifs is 1. The van der Waals surface area contributed by atoms with Gasteiger partial charge in [0.05, 0.1) is 36.2 Å². The van der Waals surface area contributed by atoms with Gasteiger partial charge in [0.1, 0.15) is 18.6 Å². The zero-order valence-corrected chi connectivity index (χ0v) is 19.6. The summed E-state index contributed by atoms with van der Waals surface area (Å²) in [6.07, 6.45) is 2.70. The molecule has 2 heterocycles. The van der Waals surface area contributed by atoms with Crippen LogP contribution in [0.4, 0.5) is 16.2 Å². The largest absolute Gasteiger partial charge is 0.486 e. The monoisotopic (exact) mass is 465 g/mol. The van der Waals surface area contributed by atoms with Crippen LogP contribution < -0.4 is 15.8 Å². The number of hydrogen-bond donors (Lipinski definition) is 2. The second kappa shape index (κ2) is 9.56. The first-order valence-electron chi connectivity index (χ1n) is 11.8. The second-order valence-electron chi connectivity index (χ2n) is 9.15. The van der Waals surface area contributed by atoms with E-state index in [1.54, 1.807) is 0 Å². The van der Waals surface area contributed by atoms with Crippen LogP contribution in [0.1, 0.15) is 39.2 Å². The maximum absolute atomic E-state index is 11.9. The van der Waals surface area contributed by atoms with Crippen LogP contribution in [0.15, 0.2) is 42.5 Å². The molecule has 3 N–H and O–H groups in total. The highest BCUT2D eigenvalue weighted by Crippen LogP contribution is 2.45. The van der Waals surface area contributed by atoms with Gasteiger partial charge in [-0.15, -0.1) is 0 Å². The molecule has 0 radical (unpaired) electrons. The molecule has 3 aromatic rings. The molecule has 0 spiro atoms. The molecule has 0 bridgehead atoms. The number of carbonyl (C=O) groups is 1. The molecule has 2 fully saturated rings. The van der Waals surface area contributed by atoms with Crippen LogP contribution in [0.2, 0.25) is 0 Å². The van der Waals surface area contributed by atoms with Gasteiger partial charge in [0, 0.05) is 22.7 Å². The zero-order chi connectivity index (χ0) is 23.7. The lowest BCUT2D eigenvalue weighted by Crippen LogP contribution is -2.33. The van der Waals surface area contributed by atoms with Crippen molar-refractivity contribution in [2.24, 2.45) is 0 Å². The van der Waals surface area contributed by atoms with Crippen LogP contribution in [-0.2, 0) is 14.2 Å². The lowest BCUT2D eigenvalue weighted by molar-refractivity contribution is -0.143. The Hall–Kier alpha value is -3.23. The average molecular weight is 466 g/mol. The molecule has 1 aliphatic carbocycles. The molecule has 8 nitrogen and oxygen atoms in total. The van der Waals surface area contributed by atoms with E-state index in [-0.39, 0.29) is 12.2 Å². The summed E-state index contributed by atoms with van der Waals surface area (Å²) in [7, 11) is 0. The predicted molar refractivity (Wildman–Crippen MR) is 131 cm³/mol. The van der Waals surface area contributed by atoms with Crippen LogP contribution in [0, 0.1) is 0 Å². The summed E-state index contributed by atoms with van der Waals surface area (Å²) < 4.78 is 24.3. The van der Waals surface area contributed by atoms with Gasteiger partial charge in [0.25, 0.3) is 0 Å². The van der Waals surface area contributed by atoms with Gasteiger partial charge in [-0.3, -0.25) is 5.32 Å². The quantitative estimate of drug-likeness (QED) is 0.511. The van der Waals surface area contributed by atoms with Gasteiger partial charge < -0.3 is 29.2 Å². The number of ether oxygens (including phenoxy) is 4. The van der Waals surface area contributed by atoms with Crippen LogP contribution in [0.3, 0.4) is 0 Å². The minimum Gasteiger partial charge on any atom is -0.486 e. The molecule has 1 amide bonds. The third-order valence-corrected chi connectivity index (χ3v) is 6.28. The molecule has 1 saturated heterocycles. The van der Waals surface area contributed by atoms with Crippen LogP contribution in [0.5, 0.6) is 5.75 Å². The van der Waals surface area contributed by atoms with Gasteiger partial charge in [-0.05, 0) is 63.4 Å². The smallest absolute Gasteiger partial charge is 0.411 e. The van der Waals surface area contributed by atoms with E-state index in [1.807, 2.05) is 50.2 Å². The fraction of sp³-hybridized carbons (Fsp3) is 0.423. The summed E-state index contributed by atoms with van der Waals surface area (Å²) in [6, 6.07) is 14.2. The summed E-state index contributed by atoms with van der Waals surface area (Å²) in [5.74, 6) is 0.749. The first-order valence-corrected chi connectivity index (χ1v) is 11.8. The Labute approximate surface area is 198 Å². The molecular weight excluding hydrogens is 434 g/mol. The Morgan fingerprint density at radius 1 is 1.12 bits per heavy atom. The number of nitrogens with one attached hydrogen (secondary N) is 1. The number of hydrogen-bond acceptors (Lipinski definition) is 6. The van der Waals surface area contributed by atoms with E-state index in [2.05, 4.69) is 16.0 Å². The Kier molecular flexibility index (Phi) is 6.34. The van der Waals surface area contributed by atoms with E-state index < -0.39 is 6.09 Å². The first kappa shape index (κ1) is 22.6. The molecule has 2 aromatic carbocycles. The summed E-state index contributed by atoms with van der Waals surface area (Å²) in [5.41, 5.74) is 11.2. The average Bonchev–Trinajstić information content (AvgIpc) is 3.05. The van der Waals surface area contributed by atoms with Crippen molar-refractivity contribution in [2.75, 3.05) is 31.1 Å². The number of carbonyl (C=O) groups excluding carboxylic acids is 1. The van der Waals surface area contributed by atoms with Crippen molar-refractivity contribution in [3.05, 3.63) is 42.5 Å². The van der Waals surface area contributed by atoms with Gasteiger partial charge >= 0.3 is 6.09 Å². The number of nitrogens with two attached hydrogens (primary N) is 1. The van der Waals surface area contributed by atoms with Gasteiger partial charge in [-0.2, -0.15) is 0 Å². The molecule has 0 unspecified atom stereocenters. The van der Waals surface area contributed by atoms with E-state index in [0.717, 1.165) is 46.4 Å². The summed E-state index contributed by atoms with van der Waals surface area (Å²) in [6.45, 7) is 4.96. The lowest BCUT2D eigenvalue weighted by Gasteiger charge is -2.30. The van der Waals surface area contributed by atoms with E-state index >= 15 is 0 Å². The molecule has 1 aliphatic heterocycles.